The smallest absolute Gasteiger partial charge is 0.374 e. The van der Waals surface area contributed by atoms with Gasteiger partial charge in [0.25, 0.3) is 0 Å². The van der Waals surface area contributed by atoms with Crippen molar-refractivity contribution in [3.05, 3.63) is 0 Å². The Morgan fingerprint density at radius 3 is 1.95 bits per heavy atom. The first-order valence-corrected chi connectivity index (χ1v) is 10.3. The van der Waals surface area contributed by atoms with Crippen molar-refractivity contribution in [3.8, 4) is 0 Å². The molecule has 0 aliphatic carbocycles. The number of alkyl halides is 1. The van der Waals surface area contributed by atoms with Crippen molar-refractivity contribution in [1.82, 2.24) is 0 Å². The van der Waals surface area contributed by atoms with Crippen LogP contribution in [0.25, 0.3) is 0 Å². The van der Waals surface area contributed by atoms with Gasteiger partial charge in [-0.1, -0.05) is 6.42 Å². The highest BCUT2D eigenvalue weighted by molar-refractivity contribution is 6.60. The highest BCUT2D eigenvalue weighted by atomic mass is 35.5. The zero-order valence-electron chi connectivity index (χ0n) is 13.0. The van der Waals surface area contributed by atoms with Crippen molar-refractivity contribution < 1.29 is 18.0 Å². The Morgan fingerprint density at radius 1 is 0.900 bits per heavy atom. The Bertz CT molecular complexity index is 238. The fraction of sp³-hybridized carbons (Fsp3) is 1.00. The zero-order chi connectivity index (χ0) is 14.8. The Morgan fingerprint density at radius 2 is 1.45 bits per heavy atom. The van der Waals surface area contributed by atoms with Crippen LogP contribution in [0.2, 0.25) is 6.04 Å². The number of hydrogen-bond acceptors (Lipinski definition) is 4. The zero-order valence-corrected chi connectivity index (χ0v) is 14.8. The van der Waals surface area contributed by atoms with Crippen LogP contribution in [0, 0.1) is 0 Å². The summed E-state index contributed by atoms with van der Waals surface area (Å²) >= 11 is 5.70. The van der Waals surface area contributed by atoms with Crippen LogP contribution in [-0.4, -0.2) is 46.7 Å². The summed E-state index contributed by atoms with van der Waals surface area (Å²) in [6, 6.07) is 0.898. The van der Waals surface area contributed by atoms with Gasteiger partial charge in [-0.3, -0.25) is 0 Å². The molecule has 1 aliphatic heterocycles. The standard InChI is InChI=1S/C14H29ClO4Si/c1-4-16-20(17-5-2,18-6-3)12-8-7-9-13-14(19-13)10-11-15/h13-14H,4-12H2,1-3H3. The van der Waals surface area contributed by atoms with Crippen molar-refractivity contribution in [1.29, 1.82) is 0 Å². The summed E-state index contributed by atoms with van der Waals surface area (Å²) in [7, 11) is -2.44. The molecule has 0 bridgehead atoms. The van der Waals surface area contributed by atoms with Gasteiger partial charge in [-0.15, -0.1) is 11.6 Å². The molecule has 0 aromatic carbocycles. The topological polar surface area (TPSA) is 40.2 Å². The molecule has 1 aliphatic rings. The first-order chi connectivity index (χ1) is 9.71. The van der Waals surface area contributed by atoms with Gasteiger partial charge in [0.1, 0.15) is 0 Å². The number of halogens is 1. The fourth-order valence-electron chi connectivity index (χ4n) is 2.48. The maximum absolute atomic E-state index is 5.84. The molecule has 2 atom stereocenters. The second-order valence-electron chi connectivity index (χ2n) is 4.92. The van der Waals surface area contributed by atoms with Gasteiger partial charge in [0, 0.05) is 31.7 Å². The fourth-order valence-corrected chi connectivity index (χ4v) is 5.38. The Balaban J connectivity index is 2.23. The number of hydrogen-bond donors (Lipinski definition) is 0. The number of ether oxygens (including phenoxy) is 1. The molecule has 0 saturated carbocycles. The molecule has 6 heteroatoms. The van der Waals surface area contributed by atoms with Crippen LogP contribution in [0.15, 0.2) is 0 Å². The van der Waals surface area contributed by atoms with Crippen molar-refractivity contribution in [2.24, 2.45) is 0 Å². The van der Waals surface area contributed by atoms with E-state index in [1.807, 2.05) is 20.8 Å². The highest BCUT2D eigenvalue weighted by Gasteiger charge is 2.40. The van der Waals surface area contributed by atoms with Crippen LogP contribution in [-0.2, 0) is 18.0 Å². The average Bonchev–Trinajstić information content (AvgIpc) is 3.15. The first-order valence-electron chi connectivity index (χ1n) is 7.84. The molecule has 0 aromatic heterocycles. The summed E-state index contributed by atoms with van der Waals surface area (Å²) in [5, 5.41) is 0. The van der Waals surface area contributed by atoms with Crippen molar-refractivity contribution in [2.75, 3.05) is 25.7 Å². The van der Waals surface area contributed by atoms with E-state index in [9.17, 15) is 0 Å². The predicted molar refractivity (Wildman–Crippen MR) is 83.3 cm³/mol. The molecule has 1 rings (SSSR count). The molecule has 0 amide bonds. The largest absolute Gasteiger partial charge is 0.500 e. The van der Waals surface area contributed by atoms with Gasteiger partial charge < -0.3 is 18.0 Å². The van der Waals surface area contributed by atoms with Gasteiger partial charge >= 0.3 is 8.80 Å². The van der Waals surface area contributed by atoms with Crippen LogP contribution >= 0.6 is 11.6 Å². The van der Waals surface area contributed by atoms with E-state index in [0.717, 1.165) is 31.7 Å². The van der Waals surface area contributed by atoms with Gasteiger partial charge in [-0.05, 0) is 40.0 Å². The molecule has 0 aromatic rings. The van der Waals surface area contributed by atoms with E-state index in [1.165, 1.54) is 0 Å². The number of rotatable bonds is 13. The second kappa shape index (κ2) is 10.1. The summed E-state index contributed by atoms with van der Waals surface area (Å²) in [6.45, 7) is 7.93. The molecule has 0 spiro atoms. The van der Waals surface area contributed by atoms with Gasteiger partial charge in [0.15, 0.2) is 0 Å². The van der Waals surface area contributed by atoms with Crippen LogP contribution in [0.4, 0.5) is 0 Å². The van der Waals surface area contributed by atoms with E-state index in [1.54, 1.807) is 0 Å². The molecule has 1 fully saturated rings. The Labute approximate surface area is 129 Å². The molecule has 120 valence electrons. The molecule has 20 heavy (non-hydrogen) atoms. The van der Waals surface area contributed by atoms with Crippen molar-refractivity contribution in [3.63, 3.8) is 0 Å². The van der Waals surface area contributed by atoms with E-state index in [4.69, 9.17) is 29.6 Å². The lowest BCUT2D eigenvalue weighted by Gasteiger charge is -2.28. The van der Waals surface area contributed by atoms with E-state index >= 15 is 0 Å². The summed E-state index contributed by atoms with van der Waals surface area (Å²) < 4.78 is 23.1. The normalized spacial score (nSPS) is 22.2. The molecule has 1 saturated heterocycles. The summed E-state index contributed by atoms with van der Waals surface area (Å²) in [5.74, 6) is 0.691. The maximum atomic E-state index is 5.84. The molecular formula is C14H29ClO4Si. The van der Waals surface area contributed by atoms with E-state index < -0.39 is 8.80 Å². The minimum absolute atomic E-state index is 0.403. The summed E-state index contributed by atoms with van der Waals surface area (Å²) in [4.78, 5) is 0. The Kier molecular flexibility index (Phi) is 9.32. The van der Waals surface area contributed by atoms with Crippen LogP contribution < -0.4 is 0 Å². The second-order valence-corrected chi connectivity index (χ2v) is 8.03. The van der Waals surface area contributed by atoms with Crippen LogP contribution in [0.5, 0.6) is 0 Å². The molecule has 0 N–H and O–H groups in total. The SMILES string of the molecule is CCO[Si](CCCCC1OC1CCCl)(OCC)OCC. The number of epoxide rings is 1. The van der Waals surface area contributed by atoms with E-state index in [-0.39, 0.29) is 0 Å². The van der Waals surface area contributed by atoms with Gasteiger partial charge in [-0.2, -0.15) is 0 Å². The Hall–Kier alpha value is 0.347. The van der Waals surface area contributed by atoms with Crippen molar-refractivity contribution in [2.45, 2.75) is 64.7 Å². The van der Waals surface area contributed by atoms with Gasteiger partial charge in [0.2, 0.25) is 0 Å². The lowest BCUT2D eigenvalue weighted by Crippen LogP contribution is -2.45. The molecule has 2 unspecified atom stereocenters. The van der Waals surface area contributed by atoms with Crippen molar-refractivity contribution >= 4 is 20.4 Å². The molecular weight excluding hydrogens is 296 g/mol. The minimum atomic E-state index is -2.44. The quantitative estimate of drug-likeness (QED) is 0.225. The summed E-state index contributed by atoms with van der Waals surface area (Å²) in [5.41, 5.74) is 0. The third-order valence-corrected chi connectivity index (χ3v) is 6.77. The third-order valence-electron chi connectivity index (χ3n) is 3.40. The molecule has 0 radical (unpaired) electrons. The lowest BCUT2D eigenvalue weighted by atomic mass is 10.1. The molecule has 4 nitrogen and oxygen atoms in total. The minimum Gasteiger partial charge on any atom is -0.374 e. The highest BCUT2D eigenvalue weighted by Crippen LogP contribution is 2.31. The monoisotopic (exact) mass is 324 g/mol. The van der Waals surface area contributed by atoms with Gasteiger partial charge in [-0.25, -0.2) is 0 Å². The first kappa shape index (κ1) is 18.4. The van der Waals surface area contributed by atoms with Crippen LogP contribution in [0.3, 0.4) is 0 Å². The van der Waals surface area contributed by atoms with E-state index in [2.05, 4.69) is 0 Å². The molecule has 1 heterocycles. The van der Waals surface area contributed by atoms with Crippen LogP contribution in [0.1, 0.15) is 46.5 Å². The van der Waals surface area contributed by atoms with Gasteiger partial charge in [0.05, 0.1) is 12.2 Å². The lowest BCUT2D eigenvalue weighted by molar-refractivity contribution is 0.0706. The number of unbranched alkanes of at least 4 members (excludes halogenated alkanes) is 1. The average molecular weight is 325 g/mol. The maximum Gasteiger partial charge on any atom is 0.500 e. The summed E-state index contributed by atoms with van der Waals surface area (Å²) in [6.07, 6.45) is 5.11. The van der Waals surface area contributed by atoms with E-state index in [0.29, 0.717) is 37.9 Å². The third kappa shape index (κ3) is 6.41. The predicted octanol–water partition coefficient (Wildman–Crippen LogP) is 3.60.